The van der Waals surface area contributed by atoms with E-state index in [-0.39, 0.29) is 5.91 Å². The maximum absolute atomic E-state index is 11.0. The average molecular weight is 160 g/mol. The van der Waals surface area contributed by atoms with Crippen molar-refractivity contribution in [2.75, 3.05) is 19.7 Å². The molecule has 0 aliphatic rings. The van der Waals surface area contributed by atoms with E-state index in [0.717, 1.165) is 0 Å². The molecule has 4 nitrogen and oxygen atoms in total. The highest BCUT2D eigenvalue weighted by Gasteiger charge is 2.10. The minimum atomic E-state index is -0.390. The van der Waals surface area contributed by atoms with Crippen molar-refractivity contribution in [1.29, 1.82) is 0 Å². The standard InChI is InChI=1S/C7H16N2O2/c1-3-9-7(10)6(2)11-5-4-8/h6H,3-5,8H2,1-2H3,(H,9,10). The van der Waals surface area contributed by atoms with Gasteiger partial charge < -0.3 is 15.8 Å². The molecule has 1 amide bonds. The molecule has 66 valence electrons. The molecule has 0 bridgehead atoms. The minimum absolute atomic E-state index is 0.0825. The predicted molar refractivity (Wildman–Crippen MR) is 43.2 cm³/mol. The summed E-state index contributed by atoms with van der Waals surface area (Å²) in [5.74, 6) is -0.0825. The van der Waals surface area contributed by atoms with Gasteiger partial charge in [0.2, 0.25) is 5.91 Å². The molecule has 1 atom stereocenters. The number of ether oxygens (including phenoxy) is 1. The van der Waals surface area contributed by atoms with Gasteiger partial charge in [-0.25, -0.2) is 0 Å². The van der Waals surface area contributed by atoms with E-state index in [4.69, 9.17) is 10.5 Å². The van der Waals surface area contributed by atoms with Crippen molar-refractivity contribution in [2.45, 2.75) is 20.0 Å². The highest BCUT2D eigenvalue weighted by atomic mass is 16.5. The van der Waals surface area contributed by atoms with Crippen LogP contribution in [0.25, 0.3) is 0 Å². The molecule has 0 fully saturated rings. The topological polar surface area (TPSA) is 64.3 Å². The first-order valence-electron chi connectivity index (χ1n) is 3.81. The molecule has 0 radical (unpaired) electrons. The highest BCUT2D eigenvalue weighted by molar-refractivity contribution is 5.80. The molecular weight excluding hydrogens is 144 g/mol. The van der Waals surface area contributed by atoms with E-state index in [0.29, 0.717) is 19.7 Å². The van der Waals surface area contributed by atoms with Gasteiger partial charge >= 0.3 is 0 Å². The van der Waals surface area contributed by atoms with Crippen molar-refractivity contribution in [3.8, 4) is 0 Å². The van der Waals surface area contributed by atoms with E-state index in [2.05, 4.69) is 5.32 Å². The monoisotopic (exact) mass is 160 g/mol. The third-order valence-electron chi connectivity index (χ3n) is 1.21. The fraction of sp³-hybridized carbons (Fsp3) is 0.857. The normalized spacial score (nSPS) is 12.6. The van der Waals surface area contributed by atoms with E-state index in [1.165, 1.54) is 0 Å². The third kappa shape index (κ3) is 4.75. The van der Waals surface area contributed by atoms with Crippen molar-refractivity contribution in [3.05, 3.63) is 0 Å². The Hall–Kier alpha value is -0.610. The van der Waals surface area contributed by atoms with E-state index in [1.54, 1.807) is 6.92 Å². The van der Waals surface area contributed by atoms with Crippen LogP contribution in [0.3, 0.4) is 0 Å². The van der Waals surface area contributed by atoms with Gasteiger partial charge in [-0.3, -0.25) is 4.79 Å². The van der Waals surface area contributed by atoms with Crippen LogP contribution in [0.2, 0.25) is 0 Å². The molecule has 0 aromatic carbocycles. The second-order valence-corrected chi connectivity index (χ2v) is 2.20. The van der Waals surface area contributed by atoms with Crippen LogP contribution in [0, 0.1) is 0 Å². The number of nitrogens with one attached hydrogen (secondary N) is 1. The van der Waals surface area contributed by atoms with Crippen molar-refractivity contribution < 1.29 is 9.53 Å². The minimum Gasteiger partial charge on any atom is -0.367 e. The molecule has 0 saturated carbocycles. The van der Waals surface area contributed by atoms with E-state index >= 15 is 0 Å². The third-order valence-corrected chi connectivity index (χ3v) is 1.21. The summed E-state index contributed by atoms with van der Waals surface area (Å²) in [4.78, 5) is 11.0. The summed E-state index contributed by atoms with van der Waals surface area (Å²) >= 11 is 0. The zero-order chi connectivity index (χ0) is 8.69. The van der Waals surface area contributed by atoms with Crippen molar-refractivity contribution in [2.24, 2.45) is 5.73 Å². The fourth-order valence-corrected chi connectivity index (χ4v) is 0.638. The van der Waals surface area contributed by atoms with Gasteiger partial charge in [0.1, 0.15) is 6.10 Å². The van der Waals surface area contributed by atoms with Crippen LogP contribution in [-0.2, 0) is 9.53 Å². The van der Waals surface area contributed by atoms with Gasteiger partial charge in [-0.2, -0.15) is 0 Å². The maximum Gasteiger partial charge on any atom is 0.248 e. The van der Waals surface area contributed by atoms with Crippen LogP contribution in [0.15, 0.2) is 0 Å². The zero-order valence-electron chi connectivity index (χ0n) is 7.09. The predicted octanol–water partition coefficient (Wildman–Crippen LogP) is -0.514. The molecular formula is C7H16N2O2. The molecule has 0 aliphatic heterocycles. The van der Waals surface area contributed by atoms with Crippen LogP contribution >= 0.6 is 0 Å². The number of rotatable bonds is 5. The lowest BCUT2D eigenvalue weighted by Gasteiger charge is -2.10. The maximum atomic E-state index is 11.0. The molecule has 11 heavy (non-hydrogen) atoms. The SMILES string of the molecule is CCNC(=O)C(C)OCCN. The Kier molecular flexibility index (Phi) is 5.78. The Morgan fingerprint density at radius 3 is 2.82 bits per heavy atom. The summed E-state index contributed by atoms with van der Waals surface area (Å²) < 4.78 is 5.07. The van der Waals surface area contributed by atoms with Gasteiger partial charge in [-0.05, 0) is 13.8 Å². The average Bonchev–Trinajstić information content (AvgIpc) is 2.00. The molecule has 0 rings (SSSR count). The molecule has 4 heteroatoms. The van der Waals surface area contributed by atoms with Gasteiger partial charge in [0, 0.05) is 13.1 Å². The Bertz CT molecular complexity index is 117. The van der Waals surface area contributed by atoms with Gasteiger partial charge in [0.15, 0.2) is 0 Å². The van der Waals surface area contributed by atoms with E-state index < -0.39 is 6.10 Å². The number of carbonyl (C=O) groups excluding carboxylic acids is 1. The molecule has 0 aromatic heterocycles. The number of carbonyl (C=O) groups is 1. The van der Waals surface area contributed by atoms with Crippen molar-refractivity contribution >= 4 is 5.91 Å². The Labute approximate surface area is 67.1 Å². The zero-order valence-corrected chi connectivity index (χ0v) is 7.09. The Balaban J connectivity index is 3.46. The molecule has 0 aromatic rings. The smallest absolute Gasteiger partial charge is 0.248 e. The first-order valence-corrected chi connectivity index (χ1v) is 3.81. The summed E-state index contributed by atoms with van der Waals surface area (Å²) in [7, 11) is 0. The van der Waals surface area contributed by atoms with E-state index in [9.17, 15) is 4.79 Å². The van der Waals surface area contributed by atoms with E-state index in [1.807, 2.05) is 6.92 Å². The molecule has 0 saturated heterocycles. The molecule has 0 spiro atoms. The van der Waals surface area contributed by atoms with Crippen LogP contribution in [0.4, 0.5) is 0 Å². The number of nitrogens with two attached hydrogens (primary N) is 1. The summed E-state index contributed by atoms with van der Waals surface area (Å²) in [6.45, 7) is 5.09. The van der Waals surface area contributed by atoms with Crippen molar-refractivity contribution in [3.63, 3.8) is 0 Å². The quantitative estimate of drug-likeness (QED) is 0.569. The van der Waals surface area contributed by atoms with Crippen LogP contribution < -0.4 is 11.1 Å². The lowest BCUT2D eigenvalue weighted by molar-refractivity contribution is -0.131. The Morgan fingerprint density at radius 2 is 2.36 bits per heavy atom. The van der Waals surface area contributed by atoms with Crippen LogP contribution in [0.5, 0.6) is 0 Å². The molecule has 1 unspecified atom stereocenters. The number of hydrogen-bond donors (Lipinski definition) is 2. The number of amides is 1. The van der Waals surface area contributed by atoms with Crippen molar-refractivity contribution in [1.82, 2.24) is 5.32 Å². The van der Waals surface area contributed by atoms with Gasteiger partial charge in [-0.15, -0.1) is 0 Å². The first kappa shape index (κ1) is 10.4. The summed E-state index contributed by atoms with van der Waals surface area (Å²) in [5, 5.41) is 2.65. The van der Waals surface area contributed by atoms with Gasteiger partial charge in [0.25, 0.3) is 0 Å². The second kappa shape index (κ2) is 6.12. The first-order chi connectivity index (χ1) is 5.22. The largest absolute Gasteiger partial charge is 0.367 e. The van der Waals surface area contributed by atoms with Crippen LogP contribution in [-0.4, -0.2) is 31.7 Å². The molecule has 0 aliphatic carbocycles. The lowest BCUT2D eigenvalue weighted by atomic mass is 10.4. The second-order valence-electron chi connectivity index (χ2n) is 2.20. The number of hydrogen-bond acceptors (Lipinski definition) is 3. The molecule has 0 heterocycles. The summed E-state index contributed by atoms with van der Waals surface area (Å²) in [5.41, 5.74) is 5.19. The summed E-state index contributed by atoms with van der Waals surface area (Å²) in [6, 6.07) is 0. The molecule has 3 N–H and O–H groups in total. The van der Waals surface area contributed by atoms with Gasteiger partial charge in [0.05, 0.1) is 6.61 Å². The number of likely N-dealkylation sites (N-methyl/N-ethyl adjacent to an activating group) is 1. The summed E-state index contributed by atoms with van der Waals surface area (Å²) in [6.07, 6.45) is -0.390. The lowest BCUT2D eigenvalue weighted by Crippen LogP contribution is -2.35. The highest BCUT2D eigenvalue weighted by Crippen LogP contribution is 1.88. The fourth-order valence-electron chi connectivity index (χ4n) is 0.638. The van der Waals surface area contributed by atoms with Crippen LogP contribution in [0.1, 0.15) is 13.8 Å². The van der Waals surface area contributed by atoms with Gasteiger partial charge in [-0.1, -0.05) is 0 Å². The Morgan fingerprint density at radius 1 is 1.73 bits per heavy atom.